The molecular formula is C47H45N9O6S. The van der Waals surface area contributed by atoms with Crippen molar-refractivity contribution in [2.45, 2.75) is 49.9 Å². The standard InChI is InChI=1S/C47H45N9O6S/c1-61-46(59)53-39(29-11-5-3-6-12-29)44(57)55-23-9-15-36(55)41-48-26-34(50-41)28-17-19-31(20-18-28)43-52-33-22-21-32(25-38(33)63-43)35-27-49-42(51-35)37-16-10-24-56(37)45(58)40(54-47(60)62-2)30-13-7-4-8-14-30/h3-8,11-14,17-22,25-27,36-37,39-40H,9-10,15-16,23-24H2,1-2H3,(H,48,50)(H,49,51)(H,53,59)(H,54,60)/t36-,37-,39+,40+/m0/s1. The Morgan fingerprint density at radius 1 is 0.651 bits per heavy atom. The number of carbonyl (C=O) groups excluding carboxylic acids is 4. The fourth-order valence-corrected chi connectivity index (χ4v) is 9.50. The molecule has 0 bridgehead atoms. The third kappa shape index (κ3) is 8.49. The molecule has 5 heterocycles. The summed E-state index contributed by atoms with van der Waals surface area (Å²) in [5, 5.41) is 6.31. The van der Waals surface area contributed by atoms with Gasteiger partial charge in [0.2, 0.25) is 0 Å². The van der Waals surface area contributed by atoms with Gasteiger partial charge in [0.25, 0.3) is 11.8 Å². The van der Waals surface area contributed by atoms with Crippen LogP contribution in [0.1, 0.15) is 72.6 Å². The van der Waals surface area contributed by atoms with Gasteiger partial charge in [0.1, 0.15) is 28.7 Å². The number of H-pyrrole nitrogens is 2. The van der Waals surface area contributed by atoms with Crippen LogP contribution in [0.4, 0.5) is 9.59 Å². The van der Waals surface area contributed by atoms with Gasteiger partial charge in [0, 0.05) is 24.2 Å². The van der Waals surface area contributed by atoms with Gasteiger partial charge in [0.15, 0.2) is 0 Å². The molecule has 15 nitrogen and oxygen atoms in total. The quantitative estimate of drug-likeness (QED) is 0.0993. The van der Waals surface area contributed by atoms with Gasteiger partial charge in [-0.2, -0.15) is 0 Å². The van der Waals surface area contributed by atoms with E-state index < -0.39 is 24.3 Å². The van der Waals surface area contributed by atoms with Crippen molar-refractivity contribution in [3.63, 3.8) is 0 Å². The first-order valence-corrected chi connectivity index (χ1v) is 21.6. The maximum Gasteiger partial charge on any atom is 0.407 e. The van der Waals surface area contributed by atoms with Crippen molar-refractivity contribution in [2.24, 2.45) is 0 Å². The van der Waals surface area contributed by atoms with Gasteiger partial charge < -0.3 is 39.9 Å². The molecule has 320 valence electrons. The summed E-state index contributed by atoms with van der Waals surface area (Å²) in [7, 11) is 2.56. The molecule has 7 aromatic rings. The summed E-state index contributed by atoms with van der Waals surface area (Å²) < 4.78 is 10.7. The first kappa shape index (κ1) is 41.0. The molecule has 0 radical (unpaired) electrons. The van der Waals surface area contributed by atoms with E-state index in [-0.39, 0.29) is 23.9 Å². The fraction of sp³-hybridized carbons (Fsp3) is 0.255. The van der Waals surface area contributed by atoms with Crippen molar-refractivity contribution in [3.05, 3.63) is 138 Å². The van der Waals surface area contributed by atoms with E-state index in [9.17, 15) is 19.2 Å². The van der Waals surface area contributed by atoms with Crippen molar-refractivity contribution >= 4 is 45.6 Å². The van der Waals surface area contributed by atoms with Gasteiger partial charge in [-0.3, -0.25) is 9.59 Å². The van der Waals surface area contributed by atoms with Crippen molar-refractivity contribution in [2.75, 3.05) is 27.3 Å². The number of amides is 4. The van der Waals surface area contributed by atoms with Crippen LogP contribution in [0.25, 0.3) is 43.3 Å². The average molecular weight is 864 g/mol. The molecule has 4 aromatic carbocycles. The Hall–Kier alpha value is -7.33. The minimum atomic E-state index is -0.892. The molecular weight excluding hydrogens is 819 g/mol. The van der Waals surface area contributed by atoms with Gasteiger partial charge in [-0.05, 0) is 54.5 Å². The van der Waals surface area contributed by atoms with Crippen LogP contribution in [-0.2, 0) is 19.1 Å². The second-order valence-corrected chi connectivity index (χ2v) is 16.5. The first-order valence-electron chi connectivity index (χ1n) is 20.8. The lowest BCUT2D eigenvalue weighted by Gasteiger charge is -2.28. The number of methoxy groups -OCH3 is 2. The highest BCUT2D eigenvalue weighted by molar-refractivity contribution is 7.21. The third-order valence-corrected chi connectivity index (χ3v) is 12.8. The van der Waals surface area contributed by atoms with E-state index in [0.717, 1.165) is 69.0 Å². The molecule has 4 amide bonds. The largest absolute Gasteiger partial charge is 0.453 e. The number of rotatable bonds is 11. The van der Waals surface area contributed by atoms with Crippen molar-refractivity contribution < 1.29 is 28.7 Å². The number of benzene rings is 4. The van der Waals surface area contributed by atoms with Gasteiger partial charge in [-0.15, -0.1) is 11.3 Å². The monoisotopic (exact) mass is 863 g/mol. The Kier molecular flexibility index (Phi) is 11.7. The highest BCUT2D eigenvalue weighted by Gasteiger charge is 2.38. The summed E-state index contributed by atoms with van der Waals surface area (Å²) in [4.78, 5) is 77.3. The molecule has 4 atom stereocenters. The second-order valence-electron chi connectivity index (χ2n) is 15.5. The Balaban J connectivity index is 0.884. The lowest BCUT2D eigenvalue weighted by Crippen LogP contribution is -2.42. The molecule has 16 heteroatoms. The summed E-state index contributed by atoms with van der Waals surface area (Å²) in [6.45, 7) is 1.09. The number of nitrogens with one attached hydrogen (secondary N) is 4. The van der Waals surface area contributed by atoms with Crippen LogP contribution in [-0.4, -0.2) is 86.0 Å². The van der Waals surface area contributed by atoms with Crippen molar-refractivity contribution in [1.82, 2.24) is 45.4 Å². The van der Waals surface area contributed by atoms with E-state index in [4.69, 9.17) is 24.4 Å². The molecule has 0 spiro atoms. The predicted octanol–water partition coefficient (Wildman–Crippen LogP) is 8.27. The Labute approximate surface area is 366 Å². The van der Waals surface area contributed by atoms with Crippen LogP contribution in [0.3, 0.4) is 0 Å². The highest BCUT2D eigenvalue weighted by Crippen LogP contribution is 2.38. The molecule has 0 unspecified atom stereocenters. The third-order valence-electron chi connectivity index (χ3n) is 11.7. The molecule has 0 aliphatic carbocycles. The maximum absolute atomic E-state index is 14.0. The molecule has 9 rings (SSSR count). The maximum atomic E-state index is 14.0. The van der Waals surface area contributed by atoms with Crippen LogP contribution < -0.4 is 10.6 Å². The lowest BCUT2D eigenvalue weighted by molar-refractivity contribution is -0.135. The van der Waals surface area contributed by atoms with E-state index in [1.54, 1.807) is 33.5 Å². The van der Waals surface area contributed by atoms with E-state index >= 15 is 0 Å². The van der Waals surface area contributed by atoms with E-state index in [2.05, 4.69) is 26.7 Å². The fourth-order valence-electron chi connectivity index (χ4n) is 8.49. The Morgan fingerprint density at radius 2 is 1.13 bits per heavy atom. The van der Waals surface area contributed by atoms with E-state index in [1.807, 2.05) is 97.1 Å². The van der Waals surface area contributed by atoms with Crippen molar-refractivity contribution in [3.8, 4) is 33.1 Å². The normalized spacial score (nSPS) is 17.0. The number of fused-ring (bicyclic) bond motifs is 1. The van der Waals surface area contributed by atoms with Gasteiger partial charge in [-0.25, -0.2) is 24.5 Å². The summed E-state index contributed by atoms with van der Waals surface area (Å²) in [5.41, 5.74) is 6.75. The lowest BCUT2D eigenvalue weighted by atomic mass is 10.1. The Bertz CT molecular complexity index is 2750. The average Bonchev–Trinajstić information content (AvgIpc) is 4.19. The van der Waals surface area contributed by atoms with Crippen LogP contribution in [0.2, 0.25) is 0 Å². The summed E-state index contributed by atoms with van der Waals surface area (Å²) >= 11 is 1.60. The number of nitrogens with zero attached hydrogens (tertiary/aromatic N) is 5. The summed E-state index contributed by atoms with van der Waals surface area (Å²) in [6, 6.07) is 30.3. The number of likely N-dealkylation sites (tertiary alicyclic amines) is 2. The molecule has 63 heavy (non-hydrogen) atoms. The number of ether oxygens (including phenoxy) is 2. The number of aromatic amines is 2. The predicted molar refractivity (Wildman–Crippen MR) is 237 cm³/mol. The van der Waals surface area contributed by atoms with E-state index in [0.29, 0.717) is 35.9 Å². The second kappa shape index (κ2) is 17.9. The molecule has 4 N–H and O–H groups in total. The van der Waals surface area contributed by atoms with Gasteiger partial charge >= 0.3 is 12.2 Å². The van der Waals surface area contributed by atoms with Crippen molar-refractivity contribution in [1.29, 1.82) is 0 Å². The topological polar surface area (TPSA) is 188 Å². The SMILES string of the molecule is COC(=O)N[C@@H](C(=O)N1CCC[C@H]1c1ncc(-c2ccc(-c3nc4ccc(-c5cnc([C@@H]6CCCN6C(=O)[C@H](NC(=O)OC)c6ccccc6)[nH]5)cc4s3)cc2)[nH]1)c1ccccc1. The number of hydrogen-bond donors (Lipinski definition) is 4. The number of alkyl carbamates (subject to hydrolysis) is 2. The molecule has 2 saturated heterocycles. The molecule has 3 aromatic heterocycles. The molecule has 2 aliphatic heterocycles. The van der Waals surface area contributed by atoms with Crippen LogP contribution >= 0.6 is 11.3 Å². The Morgan fingerprint density at radius 3 is 1.63 bits per heavy atom. The van der Waals surface area contributed by atoms with Crippen LogP contribution in [0.15, 0.2) is 116 Å². The summed E-state index contributed by atoms with van der Waals surface area (Å²) in [5.74, 6) is 0.938. The highest BCUT2D eigenvalue weighted by atomic mass is 32.1. The van der Waals surface area contributed by atoms with Gasteiger partial charge in [-0.1, -0.05) is 91.0 Å². The molecule has 0 saturated carbocycles. The zero-order valence-corrected chi connectivity index (χ0v) is 35.4. The minimum absolute atomic E-state index is 0.220. The number of aromatic nitrogens is 5. The molecule has 2 aliphatic rings. The zero-order valence-electron chi connectivity index (χ0n) is 34.6. The number of hydrogen-bond acceptors (Lipinski definition) is 10. The van der Waals surface area contributed by atoms with Crippen LogP contribution in [0.5, 0.6) is 0 Å². The first-order chi connectivity index (χ1) is 30.8. The number of imidazole rings is 2. The number of carbonyl (C=O) groups is 4. The molecule has 2 fully saturated rings. The zero-order chi connectivity index (χ0) is 43.5. The van der Waals surface area contributed by atoms with Crippen LogP contribution in [0, 0.1) is 0 Å². The van der Waals surface area contributed by atoms with E-state index in [1.165, 1.54) is 14.2 Å². The smallest absolute Gasteiger partial charge is 0.407 e. The summed E-state index contributed by atoms with van der Waals surface area (Å²) in [6.07, 6.45) is 5.34. The minimum Gasteiger partial charge on any atom is -0.453 e. The number of thiazole rings is 1. The van der Waals surface area contributed by atoms with Gasteiger partial charge in [0.05, 0.1) is 60.3 Å².